The molecule has 16 heteroatoms. The summed E-state index contributed by atoms with van der Waals surface area (Å²) in [4.78, 5) is 17.2. The van der Waals surface area contributed by atoms with Crippen LogP contribution in [-0.2, 0) is 16.4 Å². The van der Waals surface area contributed by atoms with Crippen LogP contribution in [0.4, 0.5) is 32.0 Å². The maximum atomic E-state index is 13.6. The van der Waals surface area contributed by atoms with Crippen LogP contribution in [0.3, 0.4) is 0 Å². The summed E-state index contributed by atoms with van der Waals surface area (Å²) in [5.74, 6) is 2.99. The van der Waals surface area contributed by atoms with Crippen molar-refractivity contribution in [1.82, 2.24) is 20.2 Å². The number of fused-ring (bicyclic) bond motifs is 1. The predicted octanol–water partition coefficient (Wildman–Crippen LogP) is 3.74. The van der Waals surface area contributed by atoms with Gasteiger partial charge in [-0.15, -0.1) is 0 Å². The van der Waals surface area contributed by atoms with Crippen LogP contribution in [0, 0.1) is 17.8 Å². The molecule has 232 valence electrons. The monoisotopic (exact) mass is 631 g/mol. The fourth-order valence-corrected chi connectivity index (χ4v) is 5.32. The van der Waals surface area contributed by atoms with Crippen LogP contribution in [0.1, 0.15) is 22.3 Å². The van der Waals surface area contributed by atoms with Crippen molar-refractivity contribution in [1.29, 1.82) is 0 Å². The van der Waals surface area contributed by atoms with Crippen LogP contribution in [0.15, 0.2) is 41.6 Å². The molecule has 2 atom stereocenters. The van der Waals surface area contributed by atoms with E-state index in [0.717, 1.165) is 17.2 Å². The Balaban J connectivity index is 1.63. The second-order valence-electron chi connectivity index (χ2n) is 9.89. The Labute approximate surface area is 242 Å². The van der Waals surface area contributed by atoms with Gasteiger partial charge in [-0.3, -0.25) is 4.79 Å². The van der Waals surface area contributed by atoms with Gasteiger partial charge in [0.05, 0.1) is 47.6 Å². The van der Waals surface area contributed by atoms with E-state index in [1.165, 1.54) is 37.4 Å². The Morgan fingerprint density at radius 1 is 1.19 bits per heavy atom. The molecule has 0 aliphatic carbocycles. The zero-order valence-corrected chi connectivity index (χ0v) is 23.7. The van der Waals surface area contributed by atoms with Crippen LogP contribution in [0.25, 0.3) is 11.0 Å². The molecule has 1 aliphatic rings. The summed E-state index contributed by atoms with van der Waals surface area (Å²) < 4.78 is 110. The minimum atomic E-state index is -4.61. The molecule has 9 nitrogen and oxygen atoms in total. The molecule has 2 aromatic carbocycles. The number of nitrogens with one attached hydrogen (secondary N) is 3. The summed E-state index contributed by atoms with van der Waals surface area (Å²) in [7, 11) is -2.13. The van der Waals surface area contributed by atoms with Crippen LogP contribution >= 0.6 is 0 Å². The number of amides is 1. The highest BCUT2D eigenvalue weighted by Gasteiger charge is 2.46. The molecule has 0 spiro atoms. The molecule has 0 radical (unpaired) electrons. The Kier molecular flexibility index (Phi) is 9.16. The number of anilines is 1. The quantitative estimate of drug-likeness (QED) is 0.269. The number of alkyl halides is 6. The van der Waals surface area contributed by atoms with Gasteiger partial charge in [-0.25, -0.2) is 13.4 Å². The summed E-state index contributed by atoms with van der Waals surface area (Å²) in [5, 5.41) is 8.00. The van der Waals surface area contributed by atoms with Crippen molar-refractivity contribution in [3.63, 3.8) is 0 Å². The molecule has 0 unspecified atom stereocenters. The first-order valence-electron chi connectivity index (χ1n) is 12.8. The maximum Gasteiger partial charge on any atom is 0.406 e. The summed E-state index contributed by atoms with van der Waals surface area (Å²) in [6.45, 7) is -1.56. The lowest BCUT2D eigenvalue weighted by atomic mass is 9.92. The van der Waals surface area contributed by atoms with Gasteiger partial charge >= 0.3 is 12.4 Å². The highest BCUT2D eigenvalue weighted by atomic mass is 32.2. The number of nitrogens with zero attached hydrogens (tertiary/aromatic N) is 2. The van der Waals surface area contributed by atoms with Gasteiger partial charge in [0.25, 0.3) is 5.91 Å². The third-order valence-electron chi connectivity index (χ3n) is 6.74. The number of hydrogen-bond acceptors (Lipinski definition) is 7. The van der Waals surface area contributed by atoms with Crippen molar-refractivity contribution in [2.75, 3.05) is 38.3 Å². The molecule has 0 bridgehead atoms. The van der Waals surface area contributed by atoms with Gasteiger partial charge in [0, 0.05) is 30.5 Å². The average molecular weight is 632 g/mol. The summed E-state index contributed by atoms with van der Waals surface area (Å²) in [6.07, 6.45) is -7.23. The van der Waals surface area contributed by atoms with Crippen molar-refractivity contribution in [3.05, 3.63) is 47.8 Å². The number of aromatic nitrogens is 2. The normalized spacial score (nSPS) is 17.7. The van der Waals surface area contributed by atoms with Crippen molar-refractivity contribution in [2.45, 2.75) is 36.3 Å². The molecular weight excluding hydrogens is 604 g/mol. The van der Waals surface area contributed by atoms with Crippen LogP contribution < -0.4 is 20.7 Å². The lowest BCUT2D eigenvalue weighted by Crippen LogP contribution is -2.54. The molecule has 0 saturated carbocycles. The Hall–Kier alpha value is -3.97. The van der Waals surface area contributed by atoms with E-state index in [1.54, 1.807) is 0 Å². The van der Waals surface area contributed by atoms with E-state index in [9.17, 15) is 39.6 Å². The second-order valence-corrected chi connectivity index (χ2v) is 11.9. The van der Waals surface area contributed by atoms with Gasteiger partial charge < -0.3 is 25.3 Å². The molecule has 1 aromatic heterocycles. The fraction of sp³-hybridized carbons (Fsp3) is 0.407. The lowest BCUT2D eigenvalue weighted by Gasteiger charge is -2.34. The molecule has 43 heavy (non-hydrogen) atoms. The number of imidazole rings is 1. The van der Waals surface area contributed by atoms with E-state index in [2.05, 4.69) is 32.8 Å². The number of carbonyl (C=O) groups excluding carboxylic acids is 1. The van der Waals surface area contributed by atoms with E-state index >= 15 is 0 Å². The minimum absolute atomic E-state index is 0.00136. The number of methoxy groups -OCH3 is 1. The second kappa shape index (κ2) is 12.3. The molecule has 2 heterocycles. The average Bonchev–Trinajstić information content (AvgIpc) is 3.30. The standard InChI is InChI=1S/C27H27F6N5O4S/c1-42-23-12-17(43(2,40)41)5-6-21(23)35-8-3-4-16-10-18(24-22(11-16)38(15-36-24)14-26(28,29)30)25(39)37-20-7-9-34-13-19(20)27(31,32)33/h5-6,10-12,15,19-20,34-35H,7-9,13-14H2,1-2H3,(H,37,39)/t19-,20-/m1/s1. The Morgan fingerprint density at radius 3 is 2.58 bits per heavy atom. The highest BCUT2D eigenvalue weighted by molar-refractivity contribution is 7.90. The molecule has 4 rings (SSSR count). The zero-order chi connectivity index (χ0) is 31.6. The number of piperidine rings is 1. The molecule has 3 N–H and O–H groups in total. The van der Waals surface area contributed by atoms with Crippen LogP contribution in [0.2, 0.25) is 0 Å². The molecule has 1 amide bonds. The van der Waals surface area contributed by atoms with Crippen LogP contribution in [0.5, 0.6) is 5.75 Å². The summed E-state index contributed by atoms with van der Waals surface area (Å²) >= 11 is 0. The third kappa shape index (κ3) is 7.90. The molecule has 1 saturated heterocycles. The van der Waals surface area contributed by atoms with Crippen molar-refractivity contribution in [3.8, 4) is 17.6 Å². The van der Waals surface area contributed by atoms with E-state index < -0.39 is 46.6 Å². The topological polar surface area (TPSA) is 114 Å². The van der Waals surface area contributed by atoms with E-state index in [1.807, 2.05) is 0 Å². The number of ether oxygens (including phenoxy) is 1. The molecule has 1 aliphatic heterocycles. The molecule has 3 aromatic rings. The van der Waals surface area contributed by atoms with Gasteiger partial charge in [0.1, 0.15) is 17.8 Å². The van der Waals surface area contributed by atoms with E-state index in [0.29, 0.717) is 5.69 Å². The minimum Gasteiger partial charge on any atom is -0.495 e. The maximum absolute atomic E-state index is 13.6. The van der Waals surface area contributed by atoms with Crippen molar-refractivity contribution < 1.29 is 44.3 Å². The third-order valence-corrected chi connectivity index (χ3v) is 7.85. The van der Waals surface area contributed by atoms with Crippen LogP contribution in [-0.4, -0.2) is 75.3 Å². The van der Waals surface area contributed by atoms with Gasteiger partial charge in [0.15, 0.2) is 9.84 Å². The van der Waals surface area contributed by atoms with E-state index in [-0.39, 0.29) is 58.9 Å². The number of sulfone groups is 1. The van der Waals surface area contributed by atoms with E-state index in [4.69, 9.17) is 4.74 Å². The summed E-state index contributed by atoms with van der Waals surface area (Å²) in [5.41, 5.74) is 0.148. The SMILES string of the molecule is COc1cc(S(C)(=O)=O)ccc1NCC#Cc1cc(C(=O)N[C@@H]2CCNC[C@H]2C(F)(F)F)c2ncn(CC(F)(F)F)c2c1. The first-order chi connectivity index (χ1) is 20.1. The molecular formula is C27H27F6N5O4S. The number of benzene rings is 2. The first kappa shape index (κ1) is 32.0. The smallest absolute Gasteiger partial charge is 0.406 e. The number of carbonyl (C=O) groups is 1. The van der Waals surface area contributed by atoms with Gasteiger partial charge in [-0.2, -0.15) is 26.3 Å². The Morgan fingerprint density at radius 2 is 1.93 bits per heavy atom. The fourth-order valence-electron chi connectivity index (χ4n) is 4.68. The van der Waals surface area contributed by atoms with Gasteiger partial charge in [-0.05, 0) is 37.2 Å². The number of hydrogen-bond donors (Lipinski definition) is 3. The summed E-state index contributed by atoms with van der Waals surface area (Å²) in [6, 6.07) is 5.51. The lowest BCUT2D eigenvalue weighted by molar-refractivity contribution is -0.183. The van der Waals surface area contributed by atoms with Gasteiger partial charge in [-0.1, -0.05) is 11.8 Å². The van der Waals surface area contributed by atoms with Gasteiger partial charge in [0.2, 0.25) is 0 Å². The van der Waals surface area contributed by atoms with Crippen molar-refractivity contribution in [2.24, 2.45) is 5.92 Å². The number of rotatable bonds is 7. The first-order valence-corrected chi connectivity index (χ1v) is 14.7. The number of halogens is 6. The zero-order valence-electron chi connectivity index (χ0n) is 22.9. The Bertz CT molecular complexity index is 1670. The molecule has 1 fully saturated rings. The van der Waals surface area contributed by atoms with Crippen molar-refractivity contribution >= 4 is 32.5 Å². The largest absolute Gasteiger partial charge is 0.495 e. The predicted molar refractivity (Wildman–Crippen MR) is 146 cm³/mol. The highest BCUT2D eigenvalue weighted by Crippen LogP contribution is 2.32.